The number of carboxylic acid groups (broad SMARTS) is 1. The molecule has 5 nitrogen and oxygen atoms in total. The highest BCUT2D eigenvalue weighted by atomic mass is 32.2. The molecule has 0 saturated carbocycles. The van der Waals surface area contributed by atoms with Crippen LogP contribution < -0.4 is 0 Å². The lowest BCUT2D eigenvalue weighted by molar-refractivity contribution is 0.0696. The maximum atomic E-state index is 11.8. The molecule has 0 aliphatic carbocycles. The van der Waals surface area contributed by atoms with Gasteiger partial charge < -0.3 is 9.84 Å². The van der Waals surface area contributed by atoms with Crippen molar-refractivity contribution in [3.05, 3.63) is 29.3 Å². The normalized spacial score (nSPS) is 18.5. The van der Waals surface area contributed by atoms with Gasteiger partial charge in [0.2, 0.25) is 0 Å². The van der Waals surface area contributed by atoms with Crippen LogP contribution in [0.2, 0.25) is 0 Å². The summed E-state index contributed by atoms with van der Waals surface area (Å²) in [6.07, 6.45) is 0. The summed E-state index contributed by atoms with van der Waals surface area (Å²) < 4.78 is 28.7. The van der Waals surface area contributed by atoms with E-state index in [1.165, 1.54) is 18.2 Å². The van der Waals surface area contributed by atoms with Crippen molar-refractivity contribution in [2.24, 2.45) is 0 Å². The van der Waals surface area contributed by atoms with Crippen molar-refractivity contribution < 1.29 is 23.1 Å². The molecule has 16 heavy (non-hydrogen) atoms. The number of fused-ring (bicyclic) bond motifs is 1. The number of hydrogen-bond acceptors (Lipinski definition) is 4. The number of rotatable bonds is 1. The Kier molecular flexibility index (Phi) is 2.69. The Morgan fingerprint density at radius 2 is 2.12 bits per heavy atom. The maximum absolute atomic E-state index is 11.8. The van der Waals surface area contributed by atoms with E-state index in [4.69, 9.17) is 9.84 Å². The molecule has 0 atom stereocenters. The second kappa shape index (κ2) is 3.88. The molecule has 0 fully saturated rings. The van der Waals surface area contributed by atoms with Gasteiger partial charge in [-0.25, -0.2) is 13.2 Å². The van der Waals surface area contributed by atoms with Gasteiger partial charge in [0.05, 0.1) is 29.4 Å². The van der Waals surface area contributed by atoms with E-state index in [0.29, 0.717) is 5.56 Å². The molecule has 1 aliphatic rings. The Hall–Kier alpha value is -1.40. The van der Waals surface area contributed by atoms with E-state index in [2.05, 4.69) is 0 Å². The lowest BCUT2D eigenvalue weighted by Crippen LogP contribution is -2.10. The zero-order valence-electron chi connectivity index (χ0n) is 8.34. The first-order valence-corrected chi connectivity index (χ1v) is 6.33. The molecule has 1 heterocycles. The van der Waals surface area contributed by atoms with Crippen molar-refractivity contribution in [2.75, 3.05) is 12.4 Å². The van der Waals surface area contributed by atoms with Gasteiger partial charge in [-0.1, -0.05) is 6.07 Å². The Morgan fingerprint density at radius 1 is 1.38 bits per heavy atom. The minimum Gasteiger partial charge on any atom is -0.478 e. The summed E-state index contributed by atoms with van der Waals surface area (Å²) in [6.45, 7) is 0.341. The number of carboxylic acids is 1. The predicted octanol–water partition coefficient (Wildman–Crippen LogP) is 0.689. The number of ether oxygens (including phenoxy) is 1. The van der Waals surface area contributed by atoms with Crippen LogP contribution in [-0.4, -0.2) is 31.9 Å². The lowest BCUT2D eigenvalue weighted by Gasteiger charge is -2.05. The highest BCUT2D eigenvalue weighted by Gasteiger charge is 2.23. The number of carbonyl (C=O) groups is 1. The van der Waals surface area contributed by atoms with Crippen LogP contribution >= 0.6 is 0 Å². The van der Waals surface area contributed by atoms with Crippen molar-refractivity contribution in [2.45, 2.75) is 11.5 Å². The zero-order chi connectivity index (χ0) is 11.8. The Morgan fingerprint density at radius 3 is 2.81 bits per heavy atom. The maximum Gasteiger partial charge on any atom is 0.335 e. The molecule has 0 unspecified atom stereocenters. The molecule has 86 valence electrons. The summed E-state index contributed by atoms with van der Waals surface area (Å²) in [6, 6.07) is 4.06. The number of hydrogen-bond donors (Lipinski definition) is 1. The fourth-order valence-electron chi connectivity index (χ4n) is 1.56. The molecule has 0 radical (unpaired) electrons. The summed E-state index contributed by atoms with van der Waals surface area (Å²) in [7, 11) is -3.42. The molecule has 1 N–H and O–H groups in total. The molecule has 1 aromatic rings. The van der Waals surface area contributed by atoms with Crippen LogP contribution in [0, 0.1) is 0 Å². The fraction of sp³-hybridized carbons (Fsp3) is 0.300. The zero-order valence-corrected chi connectivity index (χ0v) is 9.16. The molecule has 0 bridgehead atoms. The van der Waals surface area contributed by atoms with Crippen LogP contribution in [0.25, 0.3) is 0 Å². The Labute approximate surface area is 92.6 Å². The van der Waals surface area contributed by atoms with Crippen molar-refractivity contribution >= 4 is 15.8 Å². The lowest BCUT2D eigenvalue weighted by atomic mass is 10.1. The van der Waals surface area contributed by atoms with E-state index in [1.807, 2.05) is 0 Å². The van der Waals surface area contributed by atoms with Gasteiger partial charge >= 0.3 is 5.97 Å². The van der Waals surface area contributed by atoms with Gasteiger partial charge in [-0.05, 0) is 17.7 Å². The first-order chi connectivity index (χ1) is 7.50. The SMILES string of the molecule is O=C(O)c1ccc2c(c1)S(=O)(=O)CCOC2. The first-order valence-electron chi connectivity index (χ1n) is 4.67. The summed E-state index contributed by atoms with van der Waals surface area (Å²) in [5, 5.41) is 8.80. The summed E-state index contributed by atoms with van der Waals surface area (Å²) in [5.41, 5.74) is 0.492. The average Bonchev–Trinajstić information content (AvgIpc) is 2.37. The summed E-state index contributed by atoms with van der Waals surface area (Å²) in [4.78, 5) is 10.8. The molecule has 1 aliphatic heterocycles. The molecule has 2 rings (SSSR count). The van der Waals surface area contributed by atoms with E-state index in [1.54, 1.807) is 0 Å². The van der Waals surface area contributed by atoms with E-state index < -0.39 is 15.8 Å². The third kappa shape index (κ3) is 1.94. The summed E-state index contributed by atoms with van der Waals surface area (Å²) in [5.74, 6) is -1.24. The number of aromatic carboxylic acids is 1. The van der Waals surface area contributed by atoms with Gasteiger partial charge in [0.15, 0.2) is 9.84 Å². The third-order valence-corrected chi connectivity index (χ3v) is 4.16. The van der Waals surface area contributed by atoms with Crippen molar-refractivity contribution in [3.63, 3.8) is 0 Å². The van der Waals surface area contributed by atoms with Gasteiger partial charge in [-0.3, -0.25) is 0 Å². The quantitative estimate of drug-likeness (QED) is 0.783. The minimum atomic E-state index is -3.42. The molecule has 6 heteroatoms. The van der Waals surface area contributed by atoms with E-state index in [9.17, 15) is 13.2 Å². The highest BCUT2D eigenvalue weighted by molar-refractivity contribution is 7.91. The molecular weight excluding hydrogens is 232 g/mol. The van der Waals surface area contributed by atoms with Crippen LogP contribution in [0.3, 0.4) is 0 Å². The van der Waals surface area contributed by atoms with Crippen molar-refractivity contribution in [3.8, 4) is 0 Å². The minimum absolute atomic E-state index is 0.0239. The molecule has 0 aromatic heterocycles. The van der Waals surface area contributed by atoms with E-state index in [0.717, 1.165) is 0 Å². The number of sulfone groups is 1. The van der Waals surface area contributed by atoms with Gasteiger partial charge in [-0.15, -0.1) is 0 Å². The van der Waals surface area contributed by atoms with Crippen molar-refractivity contribution in [1.29, 1.82) is 0 Å². The second-order valence-corrected chi connectivity index (χ2v) is 5.58. The van der Waals surface area contributed by atoms with E-state index >= 15 is 0 Å². The van der Waals surface area contributed by atoms with Gasteiger partial charge in [0.1, 0.15) is 0 Å². The van der Waals surface area contributed by atoms with Gasteiger partial charge in [-0.2, -0.15) is 0 Å². The molecule has 0 spiro atoms. The monoisotopic (exact) mass is 242 g/mol. The topological polar surface area (TPSA) is 80.7 Å². The average molecular weight is 242 g/mol. The largest absolute Gasteiger partial charge is 0.478 e. The van der Waals surface area contributed by atoms with Crippen LogP contribution in [0.4, 0.5) is 0 Å². The smallest absolute Gasteiger partial charge is 0.335 e. The van der Waals surface area contributed by atoms with Crippen LogP contribution in [-0.2, 0) is 21.2 Å². The molecule has 0 amide bonds. The van der Waals surface area contributed by atoms with E-state index in [-0.39, 0.29) is 29.4 Å². The fourth-order valence-corrected chi connectivity index (χ4v) is 2.95. The molecule has 1 aromatic carbocycles. The highest BCUT2D eigenvalue weighted by Crippen LogP contribution is 2.22. The second-order valence-electron chi connectivity index (χ2n) is 3.50. The Bertz CT molecular complexity index is 532. The Balaban J connectivity index is 2.62. The van der Waals surface area contributed by atoms with Crippen molar-refractivity contribution in [1.82, 2.24) is 0 Å². The van der Waals surface area contributed by atoms with Crippen LogP contribution in [0.15, 0.2) is 23.1 Å². The van der Waals surface area contributed by atoms with Crippen LogP contribution in [0.5, 0.6) is 0 Å². The van der Waals surface area contributed by atoms with Gasteiger partial charge in [0.25, 0.3) is 0 Å². The third-order valence-electron chi connectivity index (χ3n) is 2.40. The number of benzene rings is 1. The van der Waals surface area contributed by atoms with Crippen LogP contribution in [0.1, 0.15) is 15.9 Å². The molecular formula is C10H10O5S. The summed E-state index contributed by atoms with van der Waals surface area (Å²) >= 11 is 0. The standard InChI is InChI=1S/C10H10O5S/c11-10(12)7-1-2-8-6-15-3-4-16(13,14)9(8)5-7/h1-2,5H,3-4,6H2,(H,11,12). The predicted molar refractivity (Wildman–Crippen MR) is 55.1 cm³/mol. The first kappa shape index (κ1) is 11.1. The molecule has 0 saturated heterocycles. The van der Waals surface area contributed by atoms with Gasteiger partial charge in [0, 0.05) is 0 Å².